The number of ether oxygens (including phenoxy) is 1. The average molecular weight is 222 g/mol. The van der Waals surface area contributed by atoms with E-state index in [0.717, 1.165) is 5.56 Å². The third-order valence-corrected chi connectivity index (χ3v) is 2.64. The van der Waals surface area contributed by atoms with Crippen molar-refractivity contribution < 1.29 is 9.53 Å². The molecule has 4 heteroatoms. The van der Waals surface area contributed by atoms with E-state index in [9.17, 15) is 4.79 Å². The van der Waals surface area contributed by atoms with Gasteiger partial charge in [0.1, 0.15) is 0 Å². The number of primary amides is 1. The van der Waals surface area contributed by atoms with E-state index in [1.165, 1.54) is 0 Å². The lowest BCUT2D eigenvalue weighted by atomic mass is 9.91. The molecule has 0 heterocycles. The molecule has 0 aliphatic rings. The van der Waals surface area contributed by atoms with Gasteiger partial charge in [-0.15, -0.1) is 0 Å². The predicted molar refractivity (Wildman–Crippen MR) is 63.0 cm³/mol. The number of nitrogens with one attached hydrogen (secondary N) is 1. The van der Waals surface area contributed by atoms with E-state index in [-0.39, 0.29) is 6.04 Å². The maximum Gasteiger partial charge on any atom is 0.312 e. The standard InChI is InChI=1S/C12H18N2O2/c1-12(2,16-3)10(14-11(13)15)9-7-5-4-6-8-9/h4-8,10H,1-3H3,(H3,13,14,15)/t10-/m0/s1. The molecule has 1 atom stereocenters. The SMILES string of the molecule is COC(C)(C)[C@@H](NC(N)=O)c1ccccc1. The number of methoxy groups -OCH3 is 1. The van der Waals surface area contributed by atoms with E-state index in [4.69, 9.17) is 10.5 Å². The highest BCUT2D eigenvalue weighted by Gasteiger charge is 2.31. The van der Waals surface area contributed by atoms with Crippen molar-refractivity contribution in [2.45, 2.75) is 25.5 Å². The van der Waals surface area contributed by atoms with E-state index in [1.54, 1.807) is 7.11 Å². The second kappa shape index (κ2) is 4.99. The number of carbonyl (C=O) groups is 1. The lowest BCUT2D eigenvalue weighted by Gasteiger charge is -2.33. The molecule has 16 heavy (non-hydrogen) atoms. The van der Waals surface area contributed by atoms with Crippen LogP contribution in [-0.2, 0) is 4.74 Å². The normalized spacial score (nSPS) is 13.2. The van der Waals surface area contributed by atoms with Gasteiger partial charge in [-0.1, -0.05) is 30.3 Å². The Labute approximate surface area is 95.8 Å². The van der Waals surface area contributed by atoms with Crippen LogP contribution in [0.1, 0.15) is 25.5 Å². The first-order valence-electron chi connectivity index (χ1n) is 5.13. The Morgan fingerprint density at radius 3 is 2.38 bits per heavy atom. The number of hydrogen-bond acceptors (Lipinski definition) is 2. The van der Waals surface area contributed by atoms with Gasteiger partial charge in [0.05, 0.1) is 11.6 Å². The zero-order valence-electron chi connectivity index (χ0n) is 9.86. The zero-order valence-corrected chi connectivity index (χ0v) is 9.86. The summed E-state index contributed by atoms with van der Waals surface area (Å²) in [6.07, 6.45) is 0. The van der Waals surface area contributed by atoms with E-state index in [2.05, 4.69) is 5.32 Å². The van der Waals surface area contributed by atoms with Crippen molar-refractivity contribution in [2.75, 3.05) is 7.11 Å². The molecular formula is C12H18N2O2. The fourth-order valence-corrected chi connectivity index (χ4v) is 1.56. The van der Waals surface area contributed by atoms with Gasteiger partial charge in [-0.2, -0.15) is 0 Å². The lowest BCUT2D eigenvalue weighted by molar-refractivity contribution is -0.00756. The van der Waals surface area contributed by atoms with Crippen LogP contribution in [0.25, 0.3) is 0 Å². The molecule has 1 aromatic rings. The number of hydrogen-bond donors (Lipinski definition) is 2. The number of carbonyl (C=O) groups excluding carboxylic acids is 1. The van der Waals surface area contributed by atoms with Crippen molar-refractivity contribution in [2.24, 2.45) is 5.73 Å². The highest BCUT2D eigenvalue weighted by atomic mass is 16.5. The second-order valence-corrected chi connectivity index (χ2v) is 4.16. The summed E-state index contributed by atoms with van der Waals surface area (Å²) in [5.74, 6) is 0. The number of benzene rings is 1. The van der Waals surface area contributed by atoms with Gasteiger partial charge in [0.2, 0.25) is 0 Å². The van der Waals surface area contributed by atoms with Crippen LogP contribution in [0.2, 0.25) is 0 Å². The number of amides is 2. The van der Waals surface area contributed by atoms with Crippen molar-refractivity contribution in [3.8, 4) is 0 Å². The molecule has 0 saturated heterocycles. The second-order valence-electron chi connectivity index (χ2n) is 4.16. The molecule has 0 radical (unpaired) electrons. The van der Waals surface area contributed by atoms with Gasteiger partial charge < -0.3 is 15.8 Å². The van der Waals surface area contributed by atoms with E-state index in [0.29, 0.717) is 0 Å². The molecule has 0 spiro atoms. The number of rotatable bonds is 4. The molecule has 0 fully saturated rings. The van der Waals surface area contributed by atoms with Crippen molar-refractivity contribution in [3.63, 3.8) is 0 Å². The van der Waals surface area contributed by atoms with Crippen LogP contribution < -0.4 is 11.1 Å². The first-order valence-corrected chi connectivity index (χ1v) is 5.13. The van der Waals surface area contributed by atoms with Crippen LogP contribution in [0.4, 0.5) is 4.79 Å². The summed E-state index contributed by atoms with van der Waals surface area (Å²) < 4.78 is 5.38. The Balaban J connectivity index is 3.01. The Hall–Kier alpha value is -1.55. The predicted octanol–water partition coefficient (Wildman–Crippen LogP) is 1.82. The molecule has 0 aliphatic heterocycles. The molecule has 4 nitrogen and oxygen atoms in total. The molecule has 0 saturated carbocycles. The Kier molecular flexibility index (Phi) is 3.90. The number of urea groups is 1. The summed E-state index contributed by atoms with van der Waals surface area (Å²) in [6.45, 7) is 3.81. The molecule has 0 unspecified atom stereocenters. The summed E-state index contributed by atoms with van der Waals surface area (Å²) >= 11 is 0. The fraction of sp³-hybridized carbons (Fsp3) is 0.417. The average Bonchev–Trinajstić information content (AvgIpc) is 2.27. The smallest absolute Gasteiger partial charge is 0.312 e. The Bertz CT molecular complexity index is 349. The third-order valence-electron chi connectivity index (χ3n) is 2.64. The van der Waals surface area contributed by atoms with E-state index in [1.807, 2.05) is 44.2 Å². The summed E-state index contributed by atoms with van der Waals surface area (Å²) in [6, 6.07) is 8.79. The molecule has 88 valence electrons. The maximum absolute atomic E-state index is 11.0. The summed E-state index contributed by atoms with van der Waals surface area (Å²) in [5.41, 5.74) is 5.62. The molecule has 0 aromatic heterocycles. The van der Waals surface area contributed by atoms with Crippen LogP contribution in [0.5, 0.6) is 0 Å². The Morgan fingerprint density at radius 2 is 1.94 bits per heavy atom. The minimum Gasteiger partial charge on any atom is -0.376 e. The maximum atomic E-state index is 11.0. The first-order chi connectivity index (χ1) is 7.47. The quantitative estimate of drug-likeness (QED) is 0.816. The van der Waals surface area contributed by atoms with Gasteiger partial charge in [-0.05, 0) is 19.4 Å². The van der Waals surface area contributed by atoms with Crippen molar-refractivity contribution in [3.05, 3.63) is 35.9 Å². The van der Waals surface area contributed by atoms with Gasteiger partial charge in [0.25, 0.3) is 0 Å². The monoisotopic (exact) mass is 222 g/mol. The summed E-state index contributed by atoms with van der Waals surface area (Å²) in [5, 5.41) is 2.70. The van der Waals surface area contributed by atoms with Crippen LogP contribution in [-0.4, -0.2) is 18.7 Å². The van der Waals surface area contributed by atoms with Gasteiger partial charge in [0, 0.05) is 7.11 Å². The molecular weight excluding hydrogens is 204 g/mol. The molecule has 0 aliphatic carbocycles. The van der Waals surface area contributed by atoms with Gasteiger partial charge >= 0.3 is 6.03 Å². The van der Waals surface area contributed by atoms with Crippen molar-refractivity contribution in [1.82, 2.24) is 5.32 Å². The highest BCUT2D eigenvalue weighted by Crippen LogP contribution is 2.27. The molecule has 3 N–H and O–H groups in total. The Morgan fingerprint density at radius 1 is 1.38 bits per heavy atom. The fourth-order valence-electron chi connectivity index (χ4n) is 1.56. The minimum atomic E-state index is -0.557. The molecule has 0 bridgehead atoms. The van der Waals surface area contributed by atoms with Gasteiger partial charge in [-0.3, -0.25) is 0 Å². The largest absolute Gasteiger partial charge is 0.376 e. The van der Waals surface area contributed by atoms with Crippen LogP contribution in [0, 0.1) is 0 Å². The lowest BCUT2D eigenvalue weighted by Crippen LogP contribution is -2.45. The third kappa shape index (κ3) is 2.97. The molecule has 2 amide bonds. The molecule has 1 rings (SSSR count). The molecule has 1 aromatic carbocycles. The van der Waals surface area contributed by atoms with Crippen molar-refractivity contribution in [1.29, 1.82) is 0 Å². The van der Waals surface area contributed by atoms with Crippen molar-refractivity contribution >= 4 is 6.03 Å². The van der Waals surface area contributed by atoms with Crippen LogP contribution in [0.3, 0.4) is 0 Å². The van der Waals surface area contributed by atoms with E-state index >= 15 is 0 Å². The van der Waals surface area contributed by atoms with Gasteiger partial charge in [0.15, 0.2) is 0 Å². The minimum absolute atomic E-state index is 0.267. The number of nitrogens with two attached hydrogens (primary N) is 1. The zero-order chi connectivity index (χ0) is 12.2. The van der Waals surface area contributed by atoms with Crippen LogP contribution >= 0.6 is 0 Å². The van der Waals surface area contributed by atoms with Crippen LogP contribution in [0.15, 0.2) is 30.3 Å². The highest BCUT2D eigenvalue weighted by molar-refractivity contribution is 5.72. The van der Waals surface area contributed by atoms with Gasteiger partial charge in [-0.25, -0.2) is 4.79 Å². The summed E-state index contributed by atoms with van der Waals surface area (Å²) in [7, 11) is 1.61. The van der Waals surface area contributed by atoms with E-state index < -0.39 is 11.6 Å². The summed E-state index contributed by atoms with van der Waals surface area (Å²) in [4.78, 5) is 11.0. The first kappa shape index (κ1) is 12.5. The topological polar surface area (TPSA) is 64.3 Å².